The molecule has 0 unspecified atom stereocenters. The number of benzene rings is 8. The van der Waals surface area contributed by atoms with Crippen LogP contribution in [0, 0.1) is 0 Å². The van der Waals surface area contributed by atoms with Crippen molar-refractivity contribution in [1.29, 1.82) is 0 Å². The van der Waals surface area contributed by atoms with Crippen LogP contribution in [0.15, 0.2) is 217 Å². The number of para-hydroxylation sites is 4. The zero-order valence-electron chi connectivity index (χ0n) is 39.4. The van der Waals surface area contributed by atoms with Gasteiger partial charge < -0.3 is 9.13 Å². The predicted molar refractivity (Wildman–Crippen MR) is 300 cm³/mol. The highest BCUT2D eigenvalue weighted by molar-refractivity contribution is 6.24. The van der Waals surface area contributed by atoms with E-state index in [0.717, 1.165) is 97.9 Å². The number of aliphatic imine (C=N–C) groups is 2. The highest BCUT2D eigenvalue weighted by atomic mass is 15.2. The van der Waals surface area contributed by atoms with Crippen LogP contribution in [-0.4, -0.2) is 29.9 Å². The van der Waals surface area contributed by atoms with Crippen molar-refractivity contribution in [2.24, 2.45) is 9.98 Å². The van der Waals surface area contributed by atoms with E-state index in [1.165, 1.54) is 49.6 Å². The van der Waals surface area contributed by atoms with Gasteiger partial charge in [0.15, 0.2) is 5.84 Å². The second-order valence-corrected chi connectivity index (χ2v) is 18.8. The van der Waals surface area contributed by atoms with Crippen molar-refractivity contribution in [3.05, 3.63) is 235 Å². The number of hydrogen-bond donors (Lipinski definition) is 0. The lowest BCUT2D eigenvalue weighted by Crippen LogP contribution is -2.12. The third kappa shape index (κ3) is 6.34. The second-order valence-electron chi connectivity index (χ2n) is 18.8. The summed E-state index contributed by atoms with van der Waals surface area (Å²) in [5, 5.41) is 7.19. The fraction of sp³-hybridized carbons (Fsp3) is 0.0769. The number of nitrogens with zero attached hydrogens (tertiary/aromatic N) is 6. The summed E-state index contributed by atoms with van der Waals surface area (Å²) in [5.74, 6) is 1.96. The normalized spacial score (nSPS) is 13.9. The Bertz CT molecular complexity index is 4260. The lowest BCUT2D eigenvalue weighted by atomic mass is 10.00. The van der Waals surface area contributed by atoms with Gasteiger partial charge in [-0.25, -0.2) is 9.98 Å². The largest absolute Gasteiger partial charge is 0.308 e. The minimum atomic E-state index is 0.574. The van der Waals surface area contributed by atoms with Gasteiger partial charge in [-0.15, -0.1) is 0 Å². The minimum Gasteiger partial charge on any atom is -0.308 e. The van der Waals surface area contributed by atoms with Crippen molar-refractivity contribution in [1.82, 2.24) is 18.3 Å². The zero-order valence-corrected chi connectivity index (χ0v) is 39.4. The van der Waals surface area contributed by atoms with E-state index >= 15 is 0 Å². The number of rotatable bonds is 6. The van der Waals surface area contributed by atoms with Gasteiger partial charge in [0.05, 0.1) is 33.1 Å². The number of fused-ring (bicyclic) bond motifs is 14. The van der Waals surface area contributed by atoms with Crippen molar-refractivity contribution in [2.45, 2.75) is 32.6 Å². The summed E-state index contributed by atoms with van der Waals surface area (Å²) in [7, 11) is 0. The van der Waals surface area contributed by atoms with E-state index in [1.54, 1.807) is 0 Å². The van der Waals surface area contributed by atoms with E-state index in [2.05, 4.69) is 238 Å². The van der Waals surface area contributed by atoms with Gasteiger partial charge in [-0.3, -0.25) is 9.13 Å². The Kier molecular flexibility index (Phi) is 9.43. The first-order valence-corrected chi connectivity index (χ1v) is 24.7. The van der Waals surface area contributed by atoms with Gasteiger partial charge in [0.1, 0.15) is 11.7 Å². The molecule has 4 aromatic heterocycles. The van der Waals surface area contributed by atoms with E-state index in [-0.39, 0.29) is 0 Å². The highest BCUT2D eigenvalue weighted by Crippen LogP contribution is 2.44. The molecule has 2 aliphatic carbocycles. The van der Waals surface area contributed by atoms with Gasteiger partial charge in [-0.05, 0) is 103 Å². The molecule has 2 aliphatic rings. The summed E-state index contributed by atoms with van der Waals surface area (Å²) in [6.45, 7) is 7.01. The molecule has 0 aliphatic heterocycles. The highest BCUT2D eigenvalue weighted by Gasteiger charge is 2.27. The quantitative estimate of drug-likeness (QED) is 0.118. The molecule has 14 rings (SSSR count). The second kappa shape index (κ2) is 16.3. The molecule has 0 amide bonds. The van der Waals surface area contributed by atoms with Crippen LogP contribution in [0.5, 0.6) is 0 Å². The van der Waals surface area contributed by atoms with Gasteiger partial charge in [-0.2, -0.15) is 0 Å². The molecule has 0 fully saturated rings. The van der Waals surface area contributed by atoms with Gasteiger partial charge in [-0.1, -0.05) is 170 Å². The fourth-order valence-electron chi connectivity index (χ4n) is 11.8. The number of aryl methyl sites for hydroxylation is 2. The molecule has 0 saturated heterocycles. The van der Waals surface area contributed by atoms with Crippen LogP contribution in [0.2, 0.25) is 0 Å². The summed E-state index contributed by atoms with van der Waals surface area (Å²) in [5.41, 5.74) is 17.3. The van der Waals surface area contributed by atoms with Crippen LogP contribution in [0.1, 0.15) is 47.8 Å². The van der Waals surface area contributed by atoms with Crippen molar-refractivity contribution in [3.8, 4) is 22.5 Å². The van der Waals surface area contributed by atoms with Crippen LogP contribution in [0.3, 0.4) is 0 Å². The lowest BCUT2D eigenvalue weighted by Gasteiger charge is -2.15. The van der Waals surface area contributed by atoms with Crippen molar-refractivity contribution in [3.63, 3.8) is 0 Å². The molecule has 0 N–H and O–H groups in total. The molecule has 8 aromatic carbocycles. The van der Waals surface area contributed by atoms with Gasteiger partial charge in [0.2, 0.25) is 0 Å². The van der Waals surface area contributed by atoms with Crippen LogP contribution in [0.4, 0.5) is 0 Å². The van der Waals surface area contributed by atoms with E-state index < -0.39 is 0 Å². The molecule has 0 atom stereocenters. The smallest absolute Gasteiger partial charge is 0.163 e. The van der Waals surface area contributed by atoms with Crippen LogP contribution >= 0.6 is 0 Å². The standard InChI is InChI=1S/C65H48N6/c1-42(68-57-30-16-12-26-49(57)53-38-40-55-51-28-14-18-32-59(51)70(63(55)61(53)68)47-22-8-4-9-23-47)66-65(46-36-34-45(35-37-46)44-20-6-3-7-21-44)67-43(2)69-58-31-17-13-27-50(58)54-39-41-56-52-29-15-19-33-60(52)71(64(56)62(54)69)48-24-10-5-11-25-48/h3-13,16-27,30-41H,1,14-15,28-29H2,2H3/b66-65-,67-43+. The molecule has 71 heavy (non-hydrogen) atoms. The first-order chi connectivity index (χ1) is 35.1. The summed E-state index contributed by atoms with van der Waals surface area (Å²) in [4.78, 5) is 11.3. The Balaban J connectivity index is 1.04. The average Bonchev–Trinajstić information content (AvgIpc) is 4.17. The Morgan fingerprint density at radius 2 is 0.873 bits per heavy atom. The van der Waals surface area contributed by atoms with Crippen LogP contribution < -0.4 is 0 Å². The average molecular weight is 913 g/mol. The number of aromatic nitrogens is 4. The number of allylic oxidation sites excluding steroid dienone is 2. The molecular weight excluding hydrogens is 865 g/mol. The van der Waals surface area contributed by atoms with Gasteiger partial charge in [0, 0.05) is 60.6 Å². The summed E-state index contributed by atoms with van der Waals surface area (Å²) >= 11 is 0. The van der Waals surface area contributed by atoms with Gasteiger partial charge in [0.25, 0.3) is 0 Å². The van der Waals surface area contributed by atoms with Crippen LogP contribution in [0.25, 0.3) is 106 Å². The van der Waals surface area contributed by atoms with Gasteiger partial charge >= 0.3 is 0 Å². The van der Waals surface area contributed by atoms with E-state index in [9.17, 15) is 0 Å². The maximum atomic E-state index is 5.69. The van der Waals surface area contributed by atoms with E-state index in [4.69, 9.17) is 16.6 Å². The number of amidine groups is 1. The van der Waals surface area contributed by atoms with Crippen LogP contribution in [-0.2, 0) is 12.8 Å². The fourth-order valence-corrected chi connectivity index (χ4v) is 11.8. The first-order valence-electron chi connectivity index (χ1n) is 24.7. The maximum absolute atomic E-state index is 5.69. The Morgan fingerprint density at radius 1 is 0.423 bits per heavy atom. The third-order valence-electron chi connectivity index (χ3n) is 14.9. The molecule has 338 valence electrons. The molecule has 0 spiro atoms. The Hall–Kier alpha value is -9.00. The first kappa shape index (κ1) is 41.0. The summed E-state index contributed by atoms with van der Waals surface area (Å²) < 4.78 is 9.56. The van der Waals surface area contributed by atoms with Crippen molar-refractivity contribution < 1.29 is 0 Å². The topological polar surface area (TPSA) is 44.4 Å². The molecule has 4 heterocycles. The Labute approximate surface area is 411 Å². The van der Waals surface area contributed by atoms with E-state index in [0.29, 0.717) is 11.7 Å². The lowest BCUT2D eigenvalue weighted by molar-refractivity contribution is 0.967. The molecular formula is C65H48N6. The molecule has 12 aromatic rings. The maximum Gasteiger partial charge on any atom is 0.163 e. The molecule has 0 radical (unpaired) electrons. The Morgan fingerprint density at radius 3 is 1.42 bits per heavy atom. The van der Waals surface area contributed by atoms with Crippen molar-refractivity contribution >= 4 is 95.1 Å². The molecule has 0 saturated carbocycles. The molecule has 6 heteroatoms. The predicted octanol–water partition coefficient (Wildman–Crippen LogP) is 16.2. The van der Waals surface area contributed by atoms with E-state index in [1.807, 2.05) is 0 Å². The third-order valence-corrected chi connectivity index (χ3v) is 14.9. The SMILES string of the molecule is C=C(/N=C(\N=C(/C)n1c2ccccc2c2ccc3c4c(n(-c5ccccc5)c3c21)C=CCC4)c1ccc(-c2ccccc2)cc1)n1c2ccccc2c2ccc3c4c(n(-c5ccccc5)c3c21)C=CCC4. The van der Waals surface area contributed by atoms with Crippen molar-refractivity contribution in [2.75, 3.05) is 0 Å². The summed E-state index contributed by atoms with van der Waals surface area (Å²) in [6, 6.07) is 67.4. The monoisotopic (exact) mass is 912 g/mol. The molecule has 0 bridgehead atoms. The molecule has 6 nitrogen and oxygen atoms in total. The zero-order chi connectivity index (χ0) is 47.2. The summed E-state index contributed by atoms with van der Waals surface area (Å²) in [6.07, 6.45) is 13.2. The minimum absolute atomic E-state index is 0.574. The number of hydrogen-bond acceptors (Lipinski definition) is 1.